The number of nitrogens with one attached hydrogen (secondary N) is 2. The van der Waals surface area contributed by atoms with Crippen molar-refractivity contribution in [2.24, 2.45) is 0 Å². The Kier molecular flexibility index (Phi) is 8.61. The van der Waals surface area contributed by atoms with Gasteiger partial charge in [-0.2, -0.15) is 0 Å². The van der Waals surface area contributed by atoms with Crippen molar-refractivity contribution in [3.05, 3.63) is 65.7 Å². The minimum atomic E-state index is -0.653. The predicted octanol–water partition coefficient (Wildman–Crippen LogP) is 4.33. The van der Waals surface area contributed by atoms with Crippen LogP contribution in [-0.4, -0.2) is 36.2 Å². The zero-order chi connectivity index (χ0) is 22.9. The van der Waals surface area contributed by atoms with Gasteiger partial charge >= 0.3 is 12.1 Å². The van der Waals surface area contributed by atoms with Crippen LogP contribution in [0.25, 0.3) is 0 Å². The molecule has 31 heavy (non-hydrogen) atoms. The monoisotopic (exact) mass is 426 g/mol. The zero-order valence-corrected chi connectivity index (χ0v) is 18.4. The molecule has 0 aliphatic carbocycles. The molecule has 0 unspecified atom stereocenters. The van der Waals surface area contributed by atoms with Crippen molar-refractivity contribution in [3.63, 3.8) is 0 Å². The van der Waals surface area contributed by atoms with Crippen molar-refractivity contribution >= 4 is 23.7 Å². The van der Waals surface area contributed by atoms with Crippen LogP contribution in [0.3, 0.4) is 0 Å². The van der Waals surface area contributed by atoms with Gasteiger partial charge in [0.2, 0.25) is 0 Å². The van der Waals surface area contributed by atoms with E-state index in [4.69, 9.17) is 9.47 Å². The van der Waals surface area contributed by atoms with Crippen molar-refractivity contribution in [2.45, 2.75) is 52.2 Å². The van der Waals surface area contributed by atoms with Gasteiger partial charge < -0.3 is 14.8 Å². The third-order valence-corrected chi connectivity index (χ3v) is 4.19. The fraction of sp³-hybridized carbons (Fsp3) is 0.375. The number of hydrogen-bond donors (Lipinski definition) is 2. The highest BCUT2D eigenvalue weighted by atomic mass is 16.6. The average Bonchev–Trinajstić information content (AvgIpc) is 2.70. The summed E-state index contributed by atoms with van der Waals surface area (Å²) in [5.41, 5.74) is 1.18. The number of carbonyl (C=O) groups is 3. The second-order valence-electron chi connectivity index (χ2n) is 8.28. The summed E-state index contributed by atoms with van der Waals surface area (Å²) >= 11 is 0. The van der Waals surface area contributed by atoms with E-state index >= 15 is 0 Å². The summed E-state index contributed by atoms with van der Waals surface area (Å²) in [6, 6.07) is 16.2. The van der Waals surface area contributed by atoms with E-state index in [0.29, 0.717) is 5.69 Å². The van der Waals surface area contributed by atoms with Gasteiger partial charge in [0, 0.05) is 11.7 Å². The molecule has 2 aromatic carbocycles. The quantitative estimate of drug-likeness (QED) is 0.613. The second-order valence-corrected chi connectivity index (χ2v) is 8.28. The summed E-state index contributed by atoms with van der Waals surface area (Å²) in [5.74, 6) is -1.02. The Morgan fingerprint density at radius 3 is 2.39 bits per heavy atom. The highest BCUT2D eigenvalue weighted by Gasteiger charge is 2.17. The smallest absolute Gasteiger partial charge is 0.412 e. The number of carbonyl (C=O) groups excluding carboxylic acids is 3. The maximum atomic E-state index is 12.3. The molecule has 0 aliphatic heterocycles. The topological polar surface area (TPSA) is 93.7 Å². The maximum absolute atomic E-state index is 12.3. The Hall–Kier alpha value is -3.35. The SMILES string of the molecule is C[C@H](CCc1ccccc1)NC(=O)COC(=O)c1cccc(NC(=O)OC(C)(C)C)c1. The lowest BCUT2D eigenvalue weighted by molar-refractivity contribution is -0.124. The van der Waals surface area contributed by atoms with E-state index in [1.54, 1.807) is 39.0 Å². The molecule has 2 aromatic rings. The van der Waals surface area contributed by atoms with Gasteiger partial charge in [0.05, 0.1) is 5.56 Å². The lowest BCUT2D eigenvalue weighted by Gasteiger charge is -2.19. The van der Waals surface area contributed by atoms with Gasteiger partial charge in [0.25, 0.3) is 5.91 Å². The van der Waals surface area contributed by atoms with Crippen LogP contribution in [0.5, 0.6) is 0 Å². The molecule has 0 aromatic heterocycles. The normalized spacial score (nSPS) is 11.9. The fourth-order valence-electron chi connectivity index (χ4n) is 2.78. The van der Waals surface area contributed by atoms with Crippen LogP contribution >= 0.6 is 0 Å². The Labute approximate surface area is 183 Å². The maximum Gasteiger partial charge on any atom is 0.412 e. The van der Waals surface area contributed by atoms with Crippen LogP contribution < -0.4 is 10.6 Å². The first-order chi connectivity index (χ1) is 14.6. The molecule has 0 aliphatic rings. The van der Waals surface area contributed by atoms with Gasteiger partial charge in [-0.05, 0) is 64.3 Å². The number of rotatable bonds is 8. The van der Waals surface area contributed by atoms with Crippen molar-refractivity contribution in [3.8, 4) is 0 Å². The molecule has 0 spiro atoms. The molecule has 2 amide bonds. The van der Waals surface area contributed by atoms with Crippen molar-refractivity contribution < 1.29 is 23.9 Å². The molecule has 7 nitrogen and oxygen atoms in total. The van der Waals surface area contributed by atoms with Crippen molar-refractivity contribution in [2.75, 3.05) is 11.9 Å². The fourth-order valence-corrected chi connectivity index (χ4v) is 2.78. The van der Waals surface area contributed by atoms with E-state index in [9.17, 15) is 14.4 Å². The molecule has 0 bridgehead atoms. The Bertz CT molecular complexity index is 890. The minimum absolute atomic E-state index is 0.0484. The van der Waals surface area contributed by atoms with Crippen LogP contribution in [0.2, 0.25) is 0 Å². The van der Waals surface area contributed by atoms with Crippen LogP contribution in [-0.2, 0) is 20.7 Å². The third kappa shape index (κ3) is 9.33. The number of amides is 2. The van der Waals surface area contributed by atoms with Gasteiger partial charge in [0.15, 0.2) is 6.61 Å². The highest BCUT2D eigenvalue weighted by Crippen LogP contribution is 2.14. The molecule has 0 saturated carbocycles. The van der Waals surface area contributed by atoms with Crippen LogP contribution in [0.4, 0.5) is 10.5 Å². The van der Waals surface area contributed by atoms with E-state index < -0.39 is 17.7 Å². The van der Waals surface area contributed by atoms with E-state index in [1.165, 1.54) is 11.6 Å². The molecule has 0 saturated heterocycles. The van der Waals surface area contributed by atoms with Gasteiger partial charge in [0.1, 0.15) is 5.60 Å². The summed E-state index contributed by atoms with van der Waals surface area (Å²) in [6.45, 7) is 6.81. The average molecular weight is 427 g/mol. The van der Waals surface area contributed by atoms with Crippen LogP contribution in [0, 0.1) is 0 Å². The van der Waals surface area contributed by atoms with E-state index in [0.717, 1.165) is 12.8 Å². The van der Waals surface area contributed by atoms with Gasteiger partial charge in [-0.3, -0.25) is 10.1 Å². The molecule has 2 N–H and O–H groups in total. The Morgan fingerprint density at radius 1 is 1.00 bits per heavy atom. The van der Waals surface area contributed by atoms with E-state index in [-0.39, 0.29) is 24.1 Å². The summed E-state index contributed by atoms with van der Waals surface area (Å²) in [6.07, 6.45) is 1.00. The first-order valence-electron chi connectivity index (χ1n) is 10.2. The first kappa shape index (κ1) is 23.9. The van der Waals surface area contributed by atoms with Gasteiger partial charge in [-0.1, -0.05) is 36.4 Å². The molecule has 0 heterocycles. The summed E-state index contributed by atoms with van der Waals surface area (Å²) in [7, 11) is 0. The minimum Gasteiger partial charge on any atom is -0.452 e. The predicted molar refractivity (Wildman–Crippen MR) is 119 cm³/mol. The van der Waals surface area contributed by atoms with Crippen molar-refractivity contribution in [1.29, 1.82) is 0 Å². The lowest BCUT2D eigenvalue weighted by Crippen LogP contribution is -2.36. The zero-order valence-electron chi connectivity index (χ0n) is 18.4. The van der Waals surface area contributed by atoms with Crippen LogP contribution in [0.15, 0.2) is 54.6 Å². The van der Waals surface area contributed by atoms with Crippen LogP contribution in [0.1, 0.15) is 50.0 Å². The molecular formula is C24H30N2O5. The lowest BCUT2D eigenvalue weighted by atomic mass is 10.1. The summed E-state index contributed by atoms with van der Waals surface area (Å²) < 4.78 is 10.3. The molecular weight excluding hydrogens is 396 g/mol. The Morgan fingerprint density at radius 2 is 1.71 bits per heavy atom. The molecule has 0 fully saturated rings. The molecule has 0 radical (unpaired) electrons. The standard InChI is InChI=1S/C24H30N2O5/c1-17(13-14-18-9-6-5-7-10-18)25-21(27)16-30-22(28)19-11-8-12-20(15-19)26-23(29)31-24(2,3)4/h5-12,15,17H,13-14,16H2,1-4H3,(H,25,27)(H,26,29)/t17-/m1/s1. The third-order valence-electron chi connectivity index (χ3n) is 4.19. The van der Waals surface area contributed by atoms with Gasteiger partial charge in [-0.25, -0.2) is 9.59 Å². The number of esters is 1. The number of benzene rings is 2. The highest BCUT2D eigenvalue weighted by molar-refractivity contribution is 5.93. The number of aryl methyl sites for hydroxylation is 1. The number of hydrogen-bond acceptors (Lipinski definition) is 5. The number of anilines is 1. The first-order valence-corrected chi connectivity index (χ1v) is 10.2. The largest absolute Gasteiger partial charge is 0.452 e. The van der Waals surface area contributed by atoms with E-state index in [1.807, 2.05) is 37.3 Å². The molecule has 2 rings (SSSR count). The summed E-state index contributed by atoms with van der Waals surface area (Å²) in [4.78, 5) is 36.2. The molecule has 166 valence electrons. The molecule has 1 atom stereocenters. The number of ether oxygens (including phenoxy) is 2. The second kappa shape index (κ2) is 11.2. The van der Waals surface area contributed by atoms with E-state index in [2.05, 4.69) is 10.6 Å². The summed E-state index contributed by atoms with van der Waals surface area (Å²) in [5, 5.41) is 5.39. The van der Waals surface area contributed by atoms with Gasteiger partial charge in [-0.15, -0.1) is 0 Å². The Balaban J connectivity index is 1.78. The van der Waals surface area contributed by atoms with Crippen molar-refractivity contribution in [1.82, 2.24) is 5.32 Å². The molecule has 7 heteroatoms.